The van der Waals surface area contributed by atoms with Crippen LogP contribution in [0.4, 0.5) is 0 Å². The van der Waals surface area contributed by atoms with E-state index in [0.717, 1.165) is 24.2 Å². The number of carboxylic acids is 1. The number of rotatable bonds is 9. The van der Waals surface area contributed by atoms with Crippen LogP contribution in [0.15, 0.2) is 24.3 Å². The number of carbonyl (C=O) groups is 2. The van der Waals surface area contributed by atoms with Gasteiger partial charge in [-0.3, -0.25) is 4.79 Å². The Morgan fingerprint density at radius 1 is 1.16 bits per heavy atom. The van der Waals surface area contributed by atoms with Gasteiger partial charge in [0.25, 0.3) is 0 Å². The van der Waals surface area contributed by atoms with Crippen molar-refractivity contribution in [2.45, 2.75) is 39.0 Å². The van der Waals surface area contributed by atoms with Crippen LogP contribution in [-0.2, 0) is 16.0 Å². The average Bonchev–Trinajstić information content (AvgIpc) is 2.42. The first kappa shape index (κ1) is 15.2. The summed E-state index contributed by atoms with van der Waals surface area (Å²) in [6.07, 6.45) is 3.86. The summed E-state index contributed by atoms with van der Waals surface area (Å²) in [5.74, 6) is -1.31. The summed E-state index contributed by atoms with van der Waals surface area (Å²) < 4.78 is 5.57. The Balaban J connectivity index is 2.35. The van der Waals surface area contributed by atoms with Crippen molar-refractivity contribution in [3.8, 4) is 5.75 Å². The Morgan fingerprint density at radius 3 is 2.42 bits per heavy atom. The van der Waals surface area contributed by atoms with Crippen molar-refractivity contribution in [3.05, 3.63) is 29.8 Å². The molecule has 0 aliphatic heterocycles. The molecule has 0 spiro atoms. The Hall–Kier alpha value is -1.84. The number of aliphatic carboxylic acids is 1. The van der Waals surface area contributed by atoms with Crippen molar-refractivity contribution in [1.29, 1.82) is 0 Å². The van der Waals surface area contributed by atoms with E-state index in [-0.39, 0.29) is 6.42 Å². The third-order valence-electron chi connectivity index (χ3n) is 2.82. The maximum atomic E-state index is 11.0. The molecule has 0 heterocycles. The number of Topliss-reactive ketones (excluding diaryl/α,β-unsaturated/α-hetero) is 1. The average molecular weight is 264 g/mol. The number of ketones is 1. The highest BCUT2D eigenvalue weighted by molar-refractivity contribution is 6.32. The molecule has 104 valence electrons. The van der Waals surface area contributed by atoms with Gasteiger partial charge in [-0.05, 0) is 30.5 Å². The van der Waals surface area contributed by atoms with Crippen molar-refractivity contribution in [2.24, 2.45) is 0 Å². The quantitative estimate of drug-likeness (QED) is 0.550. The zero-order valence-corrected chi connectivity index (χ0v) is 11.2. The molecule has 0 bridgehead atoms. The van der Waals surface area contributed by atoms with Gasteiger partial charge < -0.3 is 9.84 Å². The van der Waals surface area contributed by atoms with E-state index in [1.54, 1.807) is 0 Å². The summed E-state index contributed by atoms with van der Waals surface area (Å²) in [5.41, 5.74) is 0.940. The maximum absolute atomic E-state index is 11.0. The molecule has 0 aliphatic carbocycles. The van der Waals surface area contributed by atoms with Gasteiger partial charge in [0.1, 0.15) is 5.75 Å². The predicted octanol–water partition coefficient (Wildman–Crippen LogP) is 2.84. The minimum atomic E-state index is -1.36. The van der Waals surface area contributed by atoms with Crippen molar-refractivity contribution in [2.75, 3.05) is 6.61 Å². The second-order valence-corrected chi connectivity index (χ2v) is 4.43. The van der Waals surface area contributed by atoms with Crippen LogP contribution in [0, 0.1) is 0 Å². The summed E-state index contributed by atoms with van der Waals surface area (Å²) >= 11 is 0. The lowest BCUT2D eigenvalue weighted by Crippen LogP contribution is -2.12. The van der Waals surface area contributed by atoms with Gasteiger partial charge in [-0.2, -0.15) is 0 Å². The van der Waals surface area contributed by atoms with Crippen LogP contribution in [0.5, 0.6) is 5.75 Å². The Morgan fingerprint density at radius 2 is 1.84 bits per heavy atom. The van der Waals surface area contributed by atoms with E-state index in [2.05, 4.69) is 6.92 Å². The Kier molecular flexibility index (Phi) is 6.64. The van der Waals surface area contributed by atoms with Crippen molar-refractivity contribution >= 4 is 11.8 Å². The molecule has 0 aromatic heterocycles. The minimum Gasteiger partial charge on any atom is -0.494 e. The molecule has 1 aromatic rings. The van der Waals surface area contributed by atoms with Crippen LogP contribution in [0.2, 0.25) is 0 Å². The van der Waals surface area contributed by atoms with Crippen LogP contribution >= 0.6 is 0 Å². The lowest BCUT2D eigenvalue weighted by molar-refractivity contribution is -0.149. The number of hydrogen-bond acceptors (Lipinski definition) is 3. The second kappa shape index (κ2) is 8.29. The summed E-state index contributed by atoms with van der Waals surface area (Å²) in [5, 5.41) is 8.48. The molecule has 0 atom stereocenters. The van der Waals surface area contributed by atoms with E-state index >= 15 is 0 Å². The number of ether oxygens (including phenoxy) is 1. The molecule has 1 N–H and O–H groups in total. The molecule has 19 heavy (non-hydrogen) atoms. The third-order valence-corrected chi connectivity index (χ3v) is 2.82. The Bertz CT molecular complexity index is 409. The maximum Gasteiger partial charge on any atom is 0.372 e. The van der Waals surface area contributed by atoms with Gasteiger partial charge in [0, 0.05) is 6.42 Å². The van der Waals surface area contributed by atoms with Gasteiger partial charge in [-0.25, -0.2) is 4.79 Å². The molecule has 0 radical (unpaired) electrons. The summed E-state index contributed by atoms with van der Waals surface area (Å²) in [6.45, 7) is 2.86. The highest BCUT2D eigenvalue weighted by Gasteiger charge is 2.10. The van der Waals surface area contributed by atoms with Gasteiger partial charge >= 0.3 is 5.97 Å². The highest BCUT2D eigenvalue weighted by atomic mass is 16.5. The van der Waals surface area contributed by atoms with E-state index in [1.165, 1.54) is 6.42 Å². The highest BCUT2D eigenvalue weighted by Crippen LogP contribution is 2.14. The first-order valence-electron chi connectivity index (χ1n) is 6.61. The van der Waals surface area contributed by atoms with Crippen molar-refractivity contribution in [1.82, 2.24) is 0 Å². The molecule has 0 aliphatic rings. The SMILES string of the molecule is CCCCCOc1ccc(CCC(=O)C(=O)O)cc1. The molecule has 4 nitrogen and oxygen atoms in total. The number of carboxylic acid groups (broad SMARTS) is 1. The number of benzene rings is 1. The number of carbonyl (C=O) groups excluding carboxylic acids is 1. The fourth-order valence-corrected chi connectivity index (χ4v) is 1.66. The van der Waals surface area contributed by atoms with Gasteiger partial charge in [0.15, 0.2) is 0 Å². The van der Waals surface area contributed by atoms with Crippen molar-refractivity contribution < 1.29 is 19.4 Å². The van der Waals surface area contributed by atoms with Crippen LogP contribution < -0.4 is 4.74 Å². The molecule has 0 fully saturated rings. The molecule has 0 unspecified atom stereocenters. The lowest BCUT2D eigenvalue weighted by atomic mass is 10.1. The first-order chi connectivity index (χ1) is 9.13. The largest absolute Gasteiger partial charge is 0.494 e. The normalized spacial score (nSPS) is 10.2. The van der Waals surface area contributed by atoms with Gasteiger partial charge in [0.2, 0.25) is 5.78 Å². The summed E-state index contributed by atoms with van der Waals surface area (Å²) in [4.78, 5) is 21.3. The topological polar surface area (TPSA) is 63.6 Å². The Labute approximate surface area is 113 Å². The van der Waals surface area contributed by atoms with E-state index in [9.17, 15) is 9.59 Å². The fraction of sp³-hybridized carbons (Fsp3) is 0.467. The predicted molar refractivity (Wildman–Crippen MR) is 72.4 cm³/mol. The zero-order chi connectivity index (χ0) is 14.1. The number of unbranched alkanes of at least 4 members (excludes halogenated alkanes) is 2. The third kappa shape index (κ3) is 6.04. The van der Waals surface area contributed by atoms with Gasteiger partial charge in [0.05, 0.1) is 6.61 Å². The minimum absolute atomic E-state index is 0.0338. The number of aryl methyl sites for hydroxylation is 1. The molecule has 4 heteroatoms. The summed E-state index contributed by atoms with van der Waals surface area (Å²) in [6, 6.07) is 7.44. The molecule has 1 rings (SSSR count). The monoisotopic (exact) mass is 264 g/mol. The second-order valence-electron chi connectivity index (χ2n) is 4.43. The van der Waals surface area contributed by atoms with E-state index in [0.29, 0.717) is 13.0 Å². The fourth-order valence-electron chi connectivity index (χ4n) is 1.66. The number of hydrogen-bond donors (Lipinski definition) is 1. The van der Waals surface area contributed by atoms with Crippen LogP contribution in [0.3, 0.4) is 0 Å². The smallest absolute Gasteiger partial charge is 0.372 e. The summed E-state index contributed by atoms with van der Waals surface area (Å²) in [7, 11) is 0. The first-order valence-corrected chi connectivity index (χ1v) is 6.61. The van der Waals surface area contributed by atoms with Crippen LogP contribution in [0.1, 0.15) is 38.2 Å². The van der Waals surface area contributed by atoms with E-state index in [1.807, 2.05) is 24.3 Å². The molecule has 0 saturated carbocycles. The lowest BCUT2D eigenvalue weighted by Gasteiger charge is -2.06. The zero-order valence-electron chi connectivity index (χ0n) is 11.2. The van der Waals surface area contributed by atoms with Gasteiger partial charge in [-0.15, -0.1) is 0 Å². The molecule has 0 amide bonds. The van der Waals surface area contributed by atoms with Crippen LogP contribution in [0.25, 0.3) is 0 Å². The molecular weight excluding hydrogens is 244 g/mol. The molecule has 0 saturated heterocycles. The molecule has 1 aromatic carbocycles. The van der Waals surface area contributed by atoms with Crippen molar-refractivity contribution in [3.63, 3.8) is 0 Å². The van der Waals surface area contributed by atoms with E-state index < -0.39 is 11.8 Å². The molecular formula is C15H20O4. The van der Waals surface area contributed by atoms with E-state index in [4.69, 9.17) is 9.84 Å². The standard InChI is InChI=1S/C15H20O4/c1-2-3-4-11-19-13-8-5-12(6-9-13)7-10-14(16)15(17)18/h5-6,8-9H,2-4,7,10-11H2,1H3,(H,17,18). The van der Waals surface area contributed by atoms with Crippen LogP contribution in [-0.4, -0.2) is 23.5 Å². The van der Waals surface area contributed by atoms with Gasteiger partial charge in [-0.1, -0.05) is 31.9 Å².